The van der Waals surface area contributed by atoms with Gasteiger partial charge >= 0.3 is 255 Å². The molecule has 2 amide bonds. The van der Waals surface area contributed by atoms with Crippen LogP contribution in [0.2, 0.25) is 5.21 Å². The van der Waals surface area contributed by atoms with Crippen LogP contribution in [0.3, 0.4) is 0 Å². The molecule has 10 heteroatoms. The second-order valence-corrected chi connectivity index (χ2v) is 14.3. The summed E-state index contributed by atoms with van der Waals surface area (Å²) in [5.41, 5.74) is 11.1. The fourth-order valence-electron chi connectivity index (χ4n) is 4.69. The first-order chi connectivity index (χ1) is 20.6. The molecular formula is C33H40AsN5O4. The molecule has 9 nitrogen and oxygen atoms in total. The number of carbonyl (C=O) groups excluding carboxylic acids is 2. The fourth-order valence-corrected chi connectivity index (χ4v) is 7.16. The van der Waals surface area contributed by atoms with Crippen LogP contribution in [-0.2, 0) is 21.4 Å². The number of aromatic nitrogens is 3. The van der Waals surface area contributed by atoms with E-state index in [4.69, 9.17) is 10.8 Å². The second-order valence-electron chi connectivity index (χ2n) is 11.5. The molecule has 2 unspecified atom stereocenters. The fraction of sp³-hybridized carbons (Fsp3) is 0.333. The van der Waals surface area contributed by atoms with Gasteiger partial charge in [0.05, 0.1) is 0 Å². The second kappa shape index (κ2) is 14.6. The first-order valence-electron chi connectivity index (χ1n) is 14.4. The van der Waals surface area contributed by atoms with Crippen molar-refractivity contribution in [3.63, 3.8) is 0 Å². The van der Waals surface area contributed by atoms with Crippen molar-refractivity contribution < 1.29 is 19.8 Å². The van der Waals surface area contributed by atoms with E-state index in [0.717, 1.165) is 37.1 Å². The number of aliphatic hydroxyl groups is 1. The van der Waals surface area contributed by atoms with Gasteiger partial charge in [0.25, 0.3) is 0 Å². The zero-order valence-corrected chi connectivity index (χ0v) is 27.0. The van der Waals surface area contributed by atoms with Gasteiger partial charge in [-0.3, -0.25) is 0 Å². The van der Waals surface area contributed by atoms with Crippen LogP contribution < -0.4 is 10.2 Å². The van der Waals surface area contributed by atoms with E-state index in [1.807, 2.05) is 16.8 Å². The van der Waals surface area contributed by atoms with E-state index < -0.39 is 27.7 Å². The number of amides is 2. The van der Waals surface area contributed by atoms with Crippen LogP contribution >= 0.6 is 0 Å². The predicted molar refractivity (Wildman–Crippen MR) is 170 cm³/mol. The summed E-state index contributed by atoms with van der Waals surface area (Å²) < 4.78 is 3.15. The van der Waals surface area contributed by atoms with E-state index in [9.17, 15) is 19.8 Å². The third kappa shape index (κ3) is 8.63. The van der Waals surface area contributed by atoms with Crippen molar-refractivity contribution in [2.24, 2.45) is 5.73 Å². The average Bonchev–Trinajstić information content (AvgIpc) is 3.43. The predicted octanol–water partition coefficient (Wildman–Crippen LogP) is 3.12. The molecule has 0 aliphatic rings. The molecule has 2 aromatic heterocycles. The first-order valence-corrected chi connectivity index (χ1v) is 16.9. The molecule has 226 valence electrons. The molecule has 0 radical (unpaired) electrons. The number of pyridine rings is 1. The maximum absolute atomic E-state index is 13.1. The Hall–Kier alpha value is -3.78. The summed E-state index contributed by atoms with van der Waals surface area (Å²) >= 11 is -0.677. The molecule has 0 aliphatic carbocycles. The van der Waals surface area contributed by atoms with Gasteiger partial charge in [-0.15, -0.1) is 0 Å². The molecule has 2 heterocycles. The minimum atomic E-state index is -0.931. The quantitative estimate of drug-likeness (QED) is 0.159. The number of carbonyl (C=O) groups is 2. The number of benzene rings is 2. The van der Waals surface area contributed by atoms with Crippen LogP contribution in [0.5, 0.6) is 5.75 Å². The Morgan fingerprint density at radius 1 is 1.02 bits per heavy atom. The van der Waals surface area contributed by atoms with Crippen LogP contribution in [0.25, 0.3) is 16.9 Å². The number of phenolic OH excluding ortho intramolecular Hbond substituents is 1. The molecule has 2 aromatic carbocycles. The molecule has 0 saturated heterocycles. The van der Waals surface area contributed by atoms with Crippen molar-refractivity contribution in [3.8, 4) is 22.7 Å². The topological polar surface area (TPSA) is 135 Å². The van der Waals surface area contributed by atoms with Crippen LogP contribution in [0, 0.1) is 0 Å². The number of nitrogens with zero attached hydrogens (tertiary/aromatic N) is 4. The Bertz CT molecular complexity index is 1500. The van der Waals surface area contributed by atoms with Crippen molar-refractivity contribution in [1.29, 1.82) is 0 Å². The van der Waals surface area contributed by atoms with E-state index in [-0.39, 0.29) is 43.1 Å². The van der Waals surface area contributed by atoms with Crippen molar-refractivity contribution in [1.82, 2.24) is 19.7 Å². The molecule has 4 aromatic rings. The van der Waals surface area contributed by atoms with Gasteiger partial charge in [0, 0.05) is 0 Å². The third-order valence-corrected chi connectivity index (χ3v) is 9.91. The summed E-state index contributed by atoms with van der Waals surface area (Å²) in [4.78, 5) is 31.3. The summed E-state index contributed by atoms with van der Waals surface area (Å²) in [6.45, 7) is 6.14. The van der Waals surface area contributed by atoms with Gasteiger partial charge in [-0.1, -0.05) is 0 Å². The van der Waals surface area contributed by atoms with Gasteiger partial charge in [0.1, 0.15) is 0 Å². The van der Waals surface area contributed by atoms with Crippen molar-refractivity contribution in [2.45, 2.75) is 56.7 Å². The molecular weight excluding hydrogens is 605 g/mol. The number of rotatable bonds is 12. The molecule has 4 rings (SSSR count). The number of hydrogen-bond acceptors (Lipinski definition) is 7. The van der Waals surface area contributed by atoms with Crippen molar-refractivity contribution >= 4 is 32.0 Å². The van der Waals surface area contributed by atoms with Crippen LogP contribution in [0.1, 0.15) is 44.7 Å². The van der Waals surface area contributed by atoms with E-state index in [2.05, 4.69) is 56.1 Å². The summed E-state index contributed by atoms with van der Waals surface area (Å²) in [7, 11) is 0. The summed E-state index contributed by atoms with van der Waals surface area (Å²) in [6, 6.07) is 20.0. The number of nitrogens with two attached hydrogens (primary N) is 1. The third-order valence-electron chi connectivity index (χ3n) is 7.14. The summed E-state index contributed by atoms with van der Waals surface area (Å²) in [6.07, 6.45) is 4.53. The molecule has 0 bridgehead atoms. The van der Waals surface area contributed by atoms with Gasteiger partial charge in [-0.05, 0) is 0 Å². The van der Waals surface area contributed by atoms with E-state index in [0.29, 0.717) is 6.42 Å². The summed E-state index contributed by atoms with van der Waals surface area (Å²) in [5.74, 6) is -0.725. The van der Waals surface area contributed by atoms with E-state index >= 15 is 0 Å². The average molecular weight is 646 g/mol. The SMILES string of the molecule is CC(C)(C)c1ccc(-n2nc(-c3ccncc3)cc2[AsH]CCCC(=O)N(CCO)C(=O)C(N)Cc2ccc(O)cc2)cc1. The number of hydrogen-bond donors (Lipinski definition) is 3. The Kier molecular flexibility index (Phi) is 10.9. The first kappa shape index (κ1) is 32.1. The van der Waals surface area contributed by atoms with E-state index in [1.165, 1.54) is 17.7 Å². The van der Waals surface area contributed by atoms with Gasteiger partial charge in [-0.2, -0.15) is 0 Å². The Morgan fingerprint density at radius 2 is 1.70 bits per heavy atom. The van der Waals surface area contributed by atoms with Gasteiger partial charge in [-0.25, -0.2) is 0 Å². The molecule has 0 spiro atoms. The molecule has 43 heavy (non-hydrogen) atoms. The maximum atomic E-state index is 13.1. The monoisotopic (exact) mass is 645 g/mol. The number of imide groups is 1. The van der Waals surface area contributed by atoms with Crippen LogP contribution in [0.4, 0.5) is 0 Å². The number of aromatic hydroxyl groups is 1. The Labute approximate surface area is 259 Å². The van der Waals surface area contributed by atoms with Crippen molar-refractivity contribution in [2.75, 3.05) is 13.2 Å². The number of phenols is 1. The number of aliphatic hydroxyl groups excluding tert-OH is 1. The van der Waals surface area contributed by atoms with Gasteiger partial charge < -0.3 is 5.11 Å². The van der Waals surface area contributed by atoms with Crippen LogP contribution in [-0.4, -0.2) is 76.6 Å². The van der Waals surface area contributed by atoms with E-state index in [1.54, 1.807) is 24.5 Å². The standard InChI is InChI=1S/C33H40AsN5O4/c1-33(2,3)25-8-10-26(11-9-25)39-30(22-29(37-39)24-14-17-36-18-15-24)34-16-4-5-31(42)38(19-20-40)32(43)28(35)21-23-6-12-27(41)13-7-23/h6-15,17-18,22,28,34,40-41H,4-5,16,19-21,35H2,1-3H3. The van der Waals surface area contributed by atoms with Gasteiger partial charge in [0.15, 0.2) is 0 Å². The zero-order valence-electron chi connectivity index (χ0n) is 24.9. The summed E-state index contributed by atoms with van der Waals surface area (Å²) in [5, 5.41) is 24.8. The minimum absolute atomic E-state index is 0.0504. The molecule has 0 saturated carbocycles. The molecule has 4 N–H and O–H groups in total. The molecule has 0 aliphatic heterocycles. The Balaban J connectivity index is 1.42. The Morgan fingerprint density at radius 3 is 2.33 bits per heavy atom. The molecule has 2 atom stereocenters. The van der Waals surface area contributed by atoms with Crippen LogP contribution in [0.15, 0.2) is 79.1 Å². The molecule has 0 fully saturated rings. The van der Waals surface area contributed by atoms with Crippen molar-refractivity contribution in [3.05, 3.63) is 90.3 Å². The zero-order chi connectivity index (χ0) is 31.0. The normalized spacial score (nSPS) is 12.5. The van der Waals surface area contributed by atoms with Gasteiger partial charge in [0.2, 0.25) is 0 Å².